The summed E-state index contributed by atoms with van der Waals surface area (Å²) in [4.78, 5) is 23.3. The number of aromatic nitrogens is 1. The Bertz CT molecular complexity index is 781. The number of carbonyl (C=O) groups is 1. The monoisotopic (exact) mass is 396 g/mol. The number of hydrogen-bond acceptors (Lipinski definition) is 7. The SMILES string of the molecule is C[N-]c1cc(N2CCOCC2)nc(Nc2ccc(ON)cc2)c1C(N)=O.[K+]. The van der Waals surface area contributed by atoms with Gasteiger partial charge in [0.05, 0.1) is 18.8 Å². The van der Waals surface area contributed by atoms with Gasteiger partial charge in [-0.05, 0) is 30.3 Å². The summed E-state index contributed by atoms with van der Waals surface area (Å²) < 4.78 is 5.38. The number of nitrogens with zero attached hydrogens (tertiary/aromatic N) is 3. The van der Waals surface area contributed by atoms with Gasteiger partial charge in [0.1, 0.15) is 17.4 Å². The van der Waals surface area contributed by atoms with E-state index in [4.69, 9.17) is 16.4 Å². The summed E-state index contributed by atoms with van der Waals surface area (Å²) in [5.41, 5.74) is 7.00. The topological polar surface area (TPSA) is 130 Å². The molecule has 1 saturated heterocycles. The minimum atomic E-state index is -0.601. The number of nitrogens with two attached hydrogens (primary N) is 2. The van der Waals surface area contributed by atoms with Gasteiger partial charge in [-0.25, -0.2) is 4.98 Å². The number of benzene rings is 1. The molecule has 0 unspecified atom stereocenters. The Morgan fingerprint density at radius 2 is 1.96 bits per heavy atom. The largest absolute Gasteiger partial charge is 1.00 e. The molecule has 0 spiro atoms. The fourth-order valence-electron chi connectivity index (χ4n) is 2.74. The number of carbonyl (C=O) groups excluding carboxylic acids is 1. The van der Waals surface area contributed by atoms with Crippen molar-refractivity contribution < 1.29 is 65.8 Å². The van der Waals surface area contributed by atoms with Crippen LogP contribution in [0.2, 0.25) is 0 Å². The van der Waals surface area contributed by atoms with Crippen molar-refractivity contribution in [1.29, 1.82) is 0 Å². The third-order valence-electron chi connectivity index (χ3n) is 4.06. The van der Waals surface area contributed by atoms with E-state index < -0.39 is 5.91 Å². The van der Waals surface area contributed by atoms with Gasteiger partial charge in [0.15, 0.2) is 0 Å². The first-order valence-electron chi connectivity index (χ1n) is 8.13. The zero-order chi connectivity index (χ0) is 18.5. The number of morpholine rings is 1. The summed E-state index contributed by atoms with van der Waals surface area (Å²) >= 11 is 0. The van der Waals surface area contributed by atoms with Gasteiger partial charge in [-0.2, -0.15) is 5.90 Å². The van der Waals surface area contributed by atoms with E-state index in [1.54, 1.807) is 37.4 Å². The predicted molar refractivity (Wildman–Crippen MR) is 99.3 cm³/mol. The van der Waals surface area contributed by atoms with Gasteiger partial charge < -0.3 is 30.8 Å². The third-order valence-corrected chi connectivity index (χ3v) is 4.06. The Hall–Kier alpha value is -1.40. The number of anilines is 3. The predicted octanol–water partition coefficient (Wildman–Crippen LogP) is -1.35. The summed E-state index contributed by atoms with van der Waals surface area (Å²) in [5.74, 6) is 6.11. The molecular weight excluding hydrogens is 375 g/mol. The normalized spacial score (nSPS) is 13.5. The molecule has 0 atom stereocenters. The van der Waals surface area contributed by atoms with Crippen LogP contribution < -0.4 is 78.1 Å². The molecule has 3 rings (SSSR count). The molecule has 1 aliphatic heterocycles. The standard InChI is InChI=1S/C17H22N6O3.K/c1-20-13-10-14(23-6-8-25-9-7-23)22-17(15(13)16(18)24)21-11-2-4-12(26-19)5-3-11;/h2-5,10H,6-9,19H2,1H3,(H4,18,20,21,22,24);/q;+1/p-1. The third kappa shape index (κ3) is 5.32. The number of primary amides is 1. The molecule has 1 aliphatic rings. The van der Waals surface area contributed by atoms with Gasteiger partial charge >= 0.3 is 51.4 Å². The summed E-state index contributed by atoms with van der Waals surface area (Å²) in [6.07, 6.45) is 0. The van der Waals surface area contributed by atoms with E-state index in [-0.39, 0.29) is 56.9 Å². The zero-order valence-electron chi connectivity index (χ0n) is 15.4. The van der Waals surface area contributed by atoms with Crippen molar-refractivity contribution in [3.05, 3.63) is 41.2 Å². The van der Waals surface area contributed by atoms with Gasteiger partial charge in [-0.1, -0.05) is 0 Å². The number of amides is 1. The average molecular weight is 396 g/mol. The molecule has 1 aromatic heterocycles. The minimum Gasteiger partial charge on any atom is -0.686 e. The zero-order valence-corrected chi connectivity index (χ0v) is 18.6. The number of pyridine rings is 1. The minimum absolute atomic E-state index is 0. The second-order valence-corrected chi connectivity index (χ2v) is 5.68. The molecule has 0 saturated carbocycles. The van der Waals surface area contributed by atoms with Crippen molar-refractivity contribution in [2.75, 3.05) is 43.6 Å². The van der Waals surface area contributed by atoms with Crippen molar-refractivity contribution in [2.24, 2.45) is 11.6 Å². The first-order chi connectivity index (χ1) is 12.6. The quantitative estimate of drug-likeness (QED) is 0.407. The maximum atomic E-state index is 12.0. The molecule has 27 heavy (non-hydrogen) atoms. The van der Waals surface area contributed by atoms with Crippen LogP contribution in [0, 0.1) is 0 Å². The molecule has 1 amide bonds. The second-order valence-electron chi connectivity index (χ2n) is 5.68. The molecule has 9 nitrogen and oxygen atoms in total. The van der Waals surface area contributed by atoms with Crippen LogP contribution in [0.25, 0.3) is 5.32 Å². The van der Waals surface area contributed by atoms with Gasteiger partial charge in [-0.3, -0.25) is 4.79 Å². The Kier molecular flexibility index (Phi) is 8.29. The van der Waals surface area contributed by atoms with Crippen LogP contribution >= 0.6 is 0 Å². The molecule has 2 aromatic rings. The number of rotatable bonds is 6. The maximum absolute atomic E-state index is 12.0. The Labute approximate surface area is 200 Å². The van der Waals surface area contributed by atoms with Crippen molar-refractivity contribution in [3.63, 3.8) is 0 Å². The first kappa shape index (κ1) is 21.9. The van der Waals surface area contributed by atoms with E-state index in [0.717, 1.165) is 0 Å². The summed E-state index contributed by atoms with van der Waals surface area (Å²) in [6.45, 7) is 2.68. The summed E-state index contributed by atoms with van der Waals surface area (Å²) in [7, 11) is 1.61. The van der Waals surface area contributed by atoms with Gasteiger partial charge in [0, 0.05) is 18.8 Å². The van der Waals surface area contributed by atoms with Crippen LogP contribution in [0.5, 0.6) is 5.75 Å². The molecule has 1 fully saturated rings. The average Bonchev–Trinajstić information content (AvgIpc) is 2.68. The summed E-state index contributed by atoms with van der Waals surface area (Å²) in [6, 6.07) is 8.69. The van der Waals surface area contributed by atoms with Crippen LogP contribution in [-0.2, 0) is 4.74 Å². The molecule has 138 valence electrons. The molecule has 2 heterocycles. The molecule has 5 N–H and O–H groups in total. The molecule has 10 heteroatoms. The van der Waals surface area contributed by atoms with E-state index in [0.29, 0.717) is 55.1 Å². The number of hydrogen-bond donors (Lipinski definition) is 3. The van der Waals surface area contributed by atoms with Crippen LogP contribution in [0.1, 0.15) is 10.4 Å². The van der Waals surface area contributed by atoms with Gasteiger partial charge in [-0.15, -0.1) is 12.7 Å². The second kappa shape index (κ2) is 10.2. The number of ether oxygens (including phenoxy) is 1. The molecular formula is C17H21KN6O3. The van der Waals surface area contributed by atoms with Crippen LogP contribution in [-0.4, -0.2) is 44.2 Å². The van der Waals surface area contributed by atoms with Crippen molar-refractivity contribution in [2.45, 2.75) is 0 Å². The first-order valence-corrected chi connectivity index (χ1v) is 8.13. The Balaban J connectivity index is 0.00000261. The summed E-state index contributed by atoms with van der Waals surface area (Å²) in [5, 5.41) is 7.33. The molecule has 0 radical (unpaired) electrons. The van der Waals surface area contributed by atoms with E-state index in [1.807, 2.05) is 0 Å². The molecule has 0 bridgehead atoms. The number of nitrogens with one attached hydrogen (secondary N) is 1. The van der Waals surface area contributed by atoms with E-state index in [1.165, 1.54) is 0 Å². The fourth-order valence-corrected chi connectivity index (χ4v) is 2.74. The van der Waals surface area contributed by atoms with Crippen molar-refractivity contribution >= 4 is 28.9 Å². The van der Waals surface area contributed by atoms with Gasteiger partial charge in [0.25, 0.3) is 5.91 Å². The fraction of sp³-hybridized carbons (Fsp3) is 0.294. The molecule has 1 aromatic carbocycles. The van der Waals surface area contributed by atoms with E-state index in [9.17, 15) is 4.79 Å². The molecule has 0 aliphatic carbocycles. The maximum Gasteiger partial charge on any atom is 1.00 e. The van der Waals surface area contributed by atoms with Gasteiger partial charge in [0.2, 0.25) is 0 Å². The smallest absolute Gasteiger partial charge is 0.686 e. The van der Waals surface area contributed by atoms with Crippen molar-refractivity contribution in [3.8, 4) is 5.75 Å². The van der Waals surface area contributed by atoms with Crippen LogP contribution in [0.15, 0.2) is 30.3 Å². The Morgan fingerprint density at radius 1 is 1.30 bits per heavy atom. The van der Waals surface area contributed by atoms with Crippen LogP contribution in [0.4, 0.5) is 23.0 Å². The van der Waals surface area contributed by atoms with E-state index >= 15 is 0 Å². The van der Waals surface area contributed by atoms with Crippen molar-refractivity contribution in [1.82, 2.24) is 4.98 Å². The Morgan fingerprint density at radius 3 is 2.52 bits per heavy atom. The van der Waals surface area contributed by atoms with Crippen LogP contribution in [0.3, 0.4) is 0 Å². The van der Waals surface area contributed by atoms with E-state index in [2.05, 4.69) is 25.4 Å².